The third-order valence-electron chi connectivity index (χ3n) is 1.90. The first-order valence-electron chi connectivity index (χ1n) is 3.91. The van der Waals surface area contributed by atoms with Crippen molar-refractivity contribution in [2.45, 2.75) is 0 Å². The van der Waals surface area contributed by atoms with Gasteiger partial charge in [-0.15, -0.1) is 5.10 Å². The Morgan fingerprint density at radius 2 is 1.94 bits per heavy atom. The predicted molar refractivity (Wildman–Crippen MR) is 50.0 cm³/mol. The highest BCUT2D eigenvalue weighted by atomic mass is 16.6. The molecular weight excluding hydrogens is 222 g/mol. The van der Waals surface area contributed by atoms with Crippen LogP contribution in [-0.2, 0) is 0 Å². The highest BCUT2D eigenvalue weighted by Crippen LogP contribution is 2.20. The van der Waals surface area contributed by atoms with Crippen LogP contribution in [0.25, 0.3) is 11.0 Å². The van der Waals surface area contributed by atoms with E-state index in [0.717, 1.165) is 6.07 Å². The molecule has 0 unspecified atom stereocenters. The molecule has 0 saturated heterocycles. The van der Waals surface area contributed by atoms with Crippen molar-refractivity contribution < 1.29 is 9.85 Å². The minimum atomic E-state index is -1.01. The summed E-state index contributed by atoms with van der Waals surface area (Å²) in [4.78, 5) is 32.5. The van der Waals surface area contributed by atoms with E-state index in [9.17, 15) is 25.0 Å². The highest BCUT2D eigenvalue weighted by molar-refractivity contribution is 5.83. The van der Waals surface area contributed by atoms with E-state index in [1.54, 1.807) is 0 Å². The number of pyridine rings is 1. The number of hydrogen-bond acceptors (Lipinski definition) is 6. The number of fused-ring (bicyclic) bond motifs is 1. The lowest BCUT2D eigenvalue weighted by Gasteiger charge is -1.91. The predicted octanol–water partition coefficient (Wildman–Crippen LogP) is 0.0676. The van der Waals surface area contributed by atoms with Crippen LogP contribution in [0.15, 0.2) is 10.9 Å². The van der Waals surface area contributed by atoms with Crippen LogP contribution in [0.3, 0.4) is 0 Å². The zero-order valence-electron chi connectivity index (χ0n) is 7.46. The zero-order chi connectivity index (χ0) is 11.9. The van der Waals surface area contributed by atoms with Gasteiger partial charge in [-0.2, -0.15) is 0 Å². The largest absolute Gasteiger partial charge is 0.367 e. The Balaban J connectivity index is 2.81. The first-order valence-corrected chi connectivity index (χ1v) is 3.91. The molecule has 0 fully saturated rings. The Hall–Kier alpha value is -2.78. The molecule has 0 amide bonds. The monoisotopic (exact) mass is 225 g/mol. The van der Waals surface area contributed by atoms with Gasteiger partial charge >= 0.3 is 17.1 Å². The summed E-state index contributed by atoms with van der Waals surface area (Å²) in [7, 11) is 0. The van der Waals surface area contributed by atoms with E-state index in [1.807, 2.05) is 4.98 Å². The molecule has 0 aliphatic heterocycles. The van der Waals surface area contributed by atoms with Crippen molar-refractivity contribution in [3.8, 4) is 0 Å². The number of rotatable bonds is 2. The molecule has 0 aliphatic rings. The average molecular weight is 225 g/mol. The van der Waals surface area contributed by atoms with Gasteiger partial charge in [0.1, 0.15) is 5.52 Å². The van der Waals surface area contributed by atoms with Crippen LogP contribution in [0.4, 0.5) is 11.5 Å². The van der Waals surface area contributed by atoms with Crippen molar-refractivity contribution in [3.05, 3.63) is 36.6 Å². The molecule has 16 heavy (non-hydrogen) atoms. The number of H-pyrrole nitrogens is 2. The van der Waals surface area contributed by atoms with Crippen LogP contribution in [0.2, 0.25) is 0 Å². The molecule has 0 aliphatic carbocycles. The molecule has 0 atom stereocenters. The second kappa shape index (κ2) is 3.12. The van der Waals surface area contributed by atoms with E-state index in [2.05, 4.69) is 10.2 Å². The molecule has 2 aromatic rings. The standard InChI is InChI=1S/C6H3N5O5/c12-6-3(10(13)14)1-2-4(7-6)5(9-8-2)11(15)16/h1H,(H,7,12)(H,8,9). The van der Waals surface area contributed by atoms with Gasteiger partial charge in [-0.25, -0.2) is 0 Å². The fourth-order valence-corrected chi connectivity index (χ4v) is 1.21. The Labute approximate surface area is 85.2 Å². The summed E-state index contributed by atoms with van der Waals surface area (Å²) in [6, 6.07) is 0.873. The maximum atomic E-state index is 11.2. The first kappa shape index (κ1) is 9.76. The normalized spacial score (nSPS) is 10.5. The van der Waals surface area contributed by atoms with Gasteiger partial charge in [-0.3, -0.25) is 14.9 Å². The second-order valence-electron chi connectivity index (χ2n) is 2.83. The zero-order valence-corrected chi connectivity index (χ0v) is 7.46. The van der Waals surface area contributed by atoms with Gasteiger partial charge < -0.3 is 15.1 Å². The molecule has 2 heterocycles. The van der Waals surface area contributed by atoms with Gasteiger partial charge in [0.2, 0.25) is 0 Å². The third kappa shape index (κ3) is 1.28. The summed E-state index contributed by atoms with van der Waals surface area (Å²) in [5.74, 6) is -0.512. The Kier molecular flexibility index (Phi) is 1.90. The summed E-state index contributed by atoms with van der Waals surface area (Å²) in [5, 5.41) is 26.5. The van der Waals surface area contributed by atoms with Crippen molar-refractivity contribution >= 4 is 22.5 Å². The summed E-state index contributed by atoms with van der Waals surface area (Å²) in [6.45, 7) is 0. The Bertz CT molecular complexity index is 655. The number of hydrogen-bond donors (Lipinski definition) is 2. The van der Waals surface area contributed by atoms with Crippen LogP contribution in [0.5, 0.6) is 0 Å². The van der Waals surface area contributed by atoms with Crippen LogP contribution in [-0.4, -0.2) is 25.0 Å². The second-order valence-corrected chi connectivity index (χ2v) is 2.83. The molecule has 2 rings (SSSR count). The summed E-state index contributed by atoms with van der Waals surface area (Å²) in [5.41, 5.74) is -1.94. The molecular formula is C6H3N5O5. The first-order chi connectivity index (χ1) is 7.50. The van der Waals surface area contributed by atoms with E-state index in [-0.39, 0.29) is 11.0 Å². The third-order valence-corrected chi connectivity index (χ3v) is 1.90. The van der Waals surface area contributed by atoms with Crippen molar-refractivity contribution in [2.75, 3.05) is 0 Å². The lowest BCUT2D eigenvalue weighted by Crippen LogP contribution is -2.11. The van der Waals surface area contributed by atoms with Crippen LogP contribution < -0.4 is 5.56 Å². The maximum absolute atomic E-state index is 11.2. The summed E-state index contributed by atoms with van der Waals surface area (Å²) >= 11 is 0. The minimum Gasteiger partial charge on any atom is -0.358 e. The van der Waals surface area contributed by atoms with Gasteiger partial charge in [-0.1, -0.05) is 5.10 Å². The van der Waals surface area contributed by atoms with Crippen molar-refractivity contribution in [1.29, 1.82) is 0 Å². The number of aromatic amines is 2. The van der Waals surface area contributed by atoms with E-state index in [0.29, 0.717) is 0 Å². The summed E-state index contributed by atoms with van der Waals surface area (Å²) in [6.07, 6.45) is 0. The Morgan fingerprint density at radius 3 is 2.50 bits per heavy atom. The van der Waals surface area contributed by atoms with Gasteiger partial charge in [-0.05, 0) is 4.92 Å². The van der Waals surface area contributed by atoms with Crippen LogP contribution in [0, 0.1) is 20.2 Å². The topological polar surface area (TPSA) is 148 Å². The van der Waals surface area contributed by atoms with Gasteiger partial charge in [0, 0.05) is 0 Å². The fraction of sp³-hybridized carbons (Fsp3) is 0. The fourth-order valence-electron chi connectivity index (χ4n) is 1.21. The number of aromatic nitrogens is 3. The van der Waals surface area contributed by atoms with E-state index in [4.69, 9.17) is 0 Å². The van der Waals surface area contributed by atoms with Crippen LogP contribution in [0.1, 0.15) is 0 Å². The maximum Gasteiger partial charge on any atom is 0.367 e. The molecule has 10 heteroatoms. The molecule has 10 nitrogen and oxygen atoms in total. The quantitative estimate of drug-likeness (QED) is 0.545. The molecule has 0 radical (unpaired) electrons. The number of nitro groups is 2. The lowest BCUT2D eigenvalue weighted by molar-refractivity contribution is -0.388. The van der Waals surface area contributed by atoms with E-state index < -0.39 is 26.9 Å². The molecule has 0 spiro atoms. The molecule has 0 saturated carbocycles. The average Bonchev–Trinajstić information content (AvgIpc) is 2.58. The van der Waals surface area contributed by atoms with Gasteiger partial charge in [0.25, 0.3) is 0 Å². The highest BCUT2D eigenvalue weighted by Gasteiger charge is 2.21. The molecule has 2 aromatic heterocycles. The van der Waals surface area contributed by atoms with Gasteiger partial charge in [0.15, 0.2) is 5.52 Å². The van der Waals surface area contributed by atoms with Crippen molar-refractivity contribution in [2.24, 2.45) is 0 Å². The summed E-state index contributed by atoms with van der Waals surface area (Å²) < 4.78 is 0. The molecule has 0 bridgehead atoms. The molecule has 2 N–H and O–H groups in total. The van der Waals surface area contributed by atoms with Gasteiger partial charge in [0.05, 0.1) is 11.0 Å². The van der Waals surface area contributed by atoms with E-state index >= 15 is 0 Å². The Morgan fingerprint density at radius 1 is 1.25 bits per heavy atom. The molecule has 0 aromatic carbocycles. The lowest BCUT2D eigenvalue weighted by atomic mass is 10.3. The smallest absolute Gasteiger partial charge is 0.358 e. The van der Waals surface area contributed by atoms with Crippen LogP contribution >= 0.6 is 0 Å². The minimum absolute atomic E-state index is 0.0435. The van der Waals surface area contributed by atoms with Crippen molar-refractivity contribution in [1.82, 2.24) is 15.2 Å². The number of nitrogens with one attached hydrogen (secondary N) is 2. The SMILES string of the molecule is O=c1[nH]c2c([N+](=O)[O-])[nH]nc2cc1[N+](=O)[O-]. The number of nitrogens with zero attached hydrogens (tertiary/aromatic N) is 3. The van der Waals surface area contributed by atoms with E-state index in [1.165, 1.54) is 0 Å². The molecule has 82 valence electrons. The van der Waals surface area contributed by atoms with Crippen molar-refractivity contribution in [3.63, 3.8) is 0 Å².